The molecule has 0 bridgehead atoms. The van der Waals surface area contributed by atoms with Crippen molar-refractivity contribution in [2.45, 2.75) is 6.42 Å². The number of H-pyrrole nitrogens is 2. The lowest BCUT2D eigenvalue weighted by molar-refractivity contribution is 1.03. The molecule has 0 aliphatic heterocycles. The predicted molar refractivity (Wildman–Crippen MR) is 63.8 cm³/mol. The fraction of sp³-hybridized carbons (Fsp3) is 0.0833. The first-order valence-corrected chi connectivity index (χ1v) is 5.29. The van der Waals surface area contributed by atoms with Crippen molar-refractivity contribution in [2.75, 3.05) is 0 Å². The Kier molecular flexibility index (Phi) is 2.22. The van der Waals surface area contributed by atoms with Crippen molar-refractivity contribution in [2.24, 2.45) is 0 Å². The number of imidazole rings is 1. The highest BCUT2D eigenvalue weighted by atomic mass is 16.1. The van der Waals surface area contributed by atoms with Crippen LogP contribution in [0.5, 0.6) is 0 Å². The van der Waals surface area contributed by atoms with E-state index in [0.29, 0.717) is 17.6 Å². The van der Waals surface area contributed by atoms with Gasteiger partial charge in [-0.1, -0.05) is 30.3 Å². The number of rotatable bonds is 2. The van der Waals surface area contributed by atoms with Crippen LogP contribution in [0.25, 0.3) is 11.2 Å². The maximum absolute atomic E-state index is 11.4. The molecule has 0 fully saturated rings. The Balaban J connectivity index is 2.02. The molecule has 5 nitrogen and oxygen atoms in total. The second-order valence-corrected chi connectivity index (χ2v) is 3.78. The highest BCUT2D eigenvalue weighted by Crippen LogP contribution is 2.08. The summed E-state index contributed by atoms with van der Waals surface area (Å²) in [4.78, 5) is 25.2. The summed E-state index contributed by atoms with van der Waals surface area (Å²) in [7, 11) is 0. The number of aromatic amines is 2. The van der Waals surface area contributed by atoms with Gasteiger partial charge in [0.1, 0.15) is 5.82 Å². The summed E-state index contributed by atoms with van der Waals surface area (Å²) in [5.74, 6) is 0.757. The van der Waals surface area contributed by atoms with Crippen LogP contribution in [0.1, 0.15) is 11.4 Å². The number of benzene rings is 1. The lowest BCUT2D eigenvalue weighted by Crippen LogP contribution is -2.05. The Morgan fingerprint density at radius 1 is 1.18 bits per heavy atom. The van der Waals surface area contributed by atoms with E-state index in [4.69, 9.17) is 0 Å². The molecule has 3 aromatic rings. The summed E-state index contributed by atoms with van der Waals surface area (Å²) in [5, 5.41) is 0. The van der Waals surface area contributed by atoms with E-state index >= 15 is 0 Å². The lowest BCUT2D eigenvalue weighted by atomic mass is 10.1. The topological polar surface area (TPSA) is 74.4 Å². The molecule has 0 aliphatic carbocycles. The molecule has 0 aliphatic rings. The molecule has 0 saturated heterocycles. The Bertz CT molecular complexity index is 699. The molecular formula is C12H10N4O. The second kappa shape index (κ2) is 3.86. The third-order valence-electron chi connectivity index (χ3n) is 2.56. The van der Waals surface area contributed by atoms with Gasteiger partial charge in [-0.3, -0.25) is 4.79 Å². The SMILES string of the molecule is O=c1nc[nH]c2nc(Cc3ccccc3)[nH]c12. The van der Waals surface area contributed by atoms with Crippen molar-refractivity contribution in [1.29, 1.82) is 0 Å². The van der Waals surface area contributed by atoms with E-state index in [1.807, 2.05) is 30.3 Å². The van der Waals surface area contributed by atoms with Crippen LogP contribution in [0.15, 0.2) is 41.5 Å². The zero-order valence-corrected chi connectivity index (χ0v) is 8.97. The fourth-order valence-corrected chi connectivity index (χ4v) is 1.77. The Hall–Kier alpha value is -2.43. The number of aromatic nitrogens is 4. The number of nitrogens with zero attached hydrogens (tertiary/aromatic N) is 2. The average Bonchev–Trinajstić information content (AvgIpc) is 2.74. The third-order valence-corrected chi connectivity index (χ3v) is 2.56. The molecule has 2 heterocycles. The summed E-state index contributed by atoms with van der Waals surface area (Å²) in [6.07, 6.45) is 2.03. The van der Waals surface area contributed by atoms with E-state index in [9.17, 15) is 4.79 Å². The van der Waals surface area contributed by atoms with Gasteiger partial charge < -0.3 is 9.97 Å². The van der Waals surface area contributed by atoms with Gasteiger partial charge in [0.25, 0.3) is 5.56 Å². The molecule has 3 rings (SSSR count). The van der Waals surface area contributed by atoms with Crippen LogP contribution in [0.3, 0.4) is 0 Å². The normalized spacial score (nSPS) is 10.8. The highest BCUT2D eigenvalue weighted by Gasteiger charge is 2.06. The number of fused-ring (bicyclic) bond motifs is 1. The minimum absolute atomic E-state index is 0.287. The molecular weight excluding hydrogens is 216 g/mol. The lowest BCUT2D eigenvalue weighted by Gasteiger charge is -1.95. The van der Waals surface area contributed by atoms with Crippen molar-refractivity contribution in [3.8, 4) is 0 Å². The van der Waals surface area contributed by atoms with E-state index < -0.39 is 0 Å². The summed E-state index contributed by atoms with van der Waals surface area (Å²) in [6, 6.07) is 9.96. The molecule has 0 amide bonds. The van der Waals surface area contributed by atoms with E-state index in [0.717, 1.165) is 11.4 Å². The predicted octanol–water partition coefficient (Wildman–Crippen LogP) is 1.24. The molecule has 0 atom stereocenters. The molecule has 84 valence electrons. The minimum Gasteiger partial charge on any atom is -0.336 e. The standard InChI is InChI=1S/C12H10N4O/c17-12-10-11(13-7-14-12)16-9(15-10)6-8-4-2-1-3-5-8/h1-5,7H,6H2,(H2,13,14,15,16,17). The van der Waals surface area contributed by atoms with Crippen LogP contribution in [0, 0.1) is 0 Å². The van der Waals surface area contributed by atoms with Crippen molar-refractivity contribution in [1.82, 2.24) is 19.9 Å². The van der Waals surface area contributed by atoms with Crippen LogP contribution in [0.4, 0.5) is 0 Å². The van der Waals surface area contributed by atoms with E-state index in [1.54, 1.807) is 0 Å². The molecule has 2 aromatic heterocycles. The molecule has 0 radical (unpaired) electrons. The maximum Gasteiger partial charge on any atom is 0.298 e. The van der Waals surface area contributed by atoms with E-state index in [-0.39, 0.29) is 5.56 Å². The first-order chi connectivity index (χ1) is 8.33. The molecule has 2 N–H and O–H groups in total. The first kappa shape index (κ1) is 9.77. The maximum atomic E-state index is 11.4. The van der Waals surface area contributed by atoms with Crippen LogP contribution in [-0.4, -0.2) is 19.9 Å². The summed E-state index contributed by atoms with van der Waals surface area (Å²) in [6.45, 7) is 0. The zero-order chi connectivity index (χ0) is 11.7. The van der Waals surface area contributed by atoms with Crippen molar-refractivity contribution >= 4 is 11.2 Å². The Morgan fingerprint density at radius 2 is 2.00 bits per heavy atom. The van der Waals surface area contributed by atoms with Crippen molar-refractivity contribution in [3.05, 3.63) is 58.4 Å². The van der Waals surface area contributed by atoms with Crippen molar-refractivity contribution in [3.63, 3.8) is 0 Å². The summed E-state index contributed by atoms with van der Waals surface area (Å²) in [5.41, 5.74) is 1.84. The largest absolute Gasteiger partial charge is 0.336 e. The van der Waals surface area contributed by atoms with E-state index in [2.05, 4.69) is 19.9 Å². The average molecular weight is 226 g/mol. The van der Waals surface area contributed by atoms with Gasteiger partial charge in [-0.15, -0.1) is 0 Å². The Labute approximate surface area is 96.6 Å². The number of hydrogen-bond donors (Lipinski definition) is 2. The monoisotopic (exact) mass is 226 g/mol. The van der Waals surface area contributed by atoms with Gasteiger partial charge in [-0.25, -0.2) is 4.98 Å². The quantitative estimate of drug-likeness (QED) is 0.690. The molecule has 0 saturated carbocycles. The minimum atomic E-state index is -0.287. The van der Waals surface area contributed by atoms with Gasteiger partial charge in [0, 0.05) is 6.42 Å². The first-order valence-electron chi connectivity index (χ1n) is 5.29. The van der Waals surface area contributed by atoms with Crippen LogP contribution in [0.2, 0.25) is 0 Å². The van der Waals surface area contributed by atoms with Gasteiger partial charge >= 0.3 is 0 Å². The van der Waals surface area contributed by atoms with Gasteiger partial charge in [-0.2, -0.15) is 4.98 Å². The van der Waals surface area contributed by atoms with Crippen LogP contribution >= 0.6 is 0 Å². The molecule has 17 heavy (non-hydrogen) atoms. The van der Waals surface area contributed by atoms with Gasteiger partial charge in [0.2, 0.25) is 0 Å². The summed E-state index contributed by atoms with van der Waals surface area (Å²) < 4.78 is 0. The van der Waals surface area contributed by atoms with E-state index in [1.165, 1.54) is 6.33 Å². The zero-order valence-electron chi connectivity index (χ0n) is 8.97. The third kappa shape index (κ3) is 1.82. The smallest absolute Gasteiger partial charge is 0.298 e. The summed E-state index contributed by atoms with van der Waals surface area (Å²) >= 11 is 0. The number of hydrogen-bond acceptors (Lipinski definition) is 3. The molecule has 1 aromatic carbocycles. The van der Waals surface area contributed by atoms with Gasteiger partial charge in [-0.05, 0) is 5.56 Å². The van der Waals surface area contributed by atoms with Gasteiger partial charge in [0.05, 0.1) is 6.33 Å². The molecule has 0 unspecified atom stereocenters. The fourth-order valence-electron chi connectivity index (χ4n) is 1.77. The van der Waals surface area contributed by atoms with Crippen molar-refractivity contribution < 1.29 is 0 Å². The number of nitrogens with one attached hydrogen (secondary N) is 2. The second-order valence-electron chi connectivity index (χ2n) is 3.78. The van der Waals surface area contributed by atoms with Gasteiger partial charge in [0.15, 0.2) is 11.2 Å². The Morgan fingerprint density at radius 3 is 2.76 bits per heavy atom. The molecule has 0 spiro atoms. The molecule has 5 heteroatoms. The van der Waals surface area contributed by atoms with Crippen LogP contribution < -0.4 is 5.56 Å². The highest BCUT2D eigenvalue weighted by molar-refractivity contribution is 5.68. The van der Waals surface area contributed by atoms with Crippen LogP contribution in [-0.2, 0) is 6.42 Å².